The van der Waals surface area contributed by atoms with Gasteiger partial charge in [0.2, 0.25) is 0 Å². The molecule has 4 rings (SSSR count). The first-order valence-corrected chi connectivity index (χ1v) is 10.5. The summed E-state index contributed by atoms with van der Waals surface area (Å²) >= 11 is 1.45. The molecule has 2 amide bonds. The SMILES string of the molecule is Cc1ccc(N2C(=O)C(Nc3ccc(N(C)C)cc3)=C(c3cccs3)C2=O)c(C)c1. The summed E-state index contributed by atoms with van der Waals surface area (Å²) in [7, 11) is 3.95. The molecule has 0 radical (unpaired) electrons. The molecule has 0 saturated heterocycles. The Bertz CT molecular complexity index is 1150. The van der Waals surface area contributed by atoms with Crippen molar-refractivity contribution in [3.8, 4) is 0 Å². The zero-order valence-electron chi connectivity index (χ0n) is 17.4. The topological polar surface area (TPSA) is 52.7 Å². The fourth-order valence-electron chi connectivity index (χ4n) is 3.56. The third kappa shape index (κ3) is 3.50. The number of nitrogens with zero attached hydrogens (tertiary/aromatic N) is 2. The van der Waals surface area contributed by atoms with Gasteiger partial charge in [0.15, 0.2) is 0 Å². The Morgan fingerprint density at radius 2 is 1.67 bits per heavy atom. The molecule has 2 heterocycles. The molecule has 6 heteroatoms. The molecule has 0 atom stereocenters. The lowest BCUT2D eigenvalue weighted by Crippen LogP contribution is -2.33. The Balaban J connectivity index is 1.76. The molecule has 1 aromatic heterocycles. The lowest BCUT2D eigenvalue weighted by Gasteiger charge is -2.18. The van der Waals surface area contributed by atoms with E-state index >= 15 is 0 Å². The van der Waals surface area contributed by atoms with Crippen LogP contribution in [-0.2, 0) is 9.59 Å². The van der Waals surface area contributed by atoms with E-state index in [-0.39, 0.29) is 11.8 Å². The van der Waals surface area contributed by atoms with Gasteiger partial charge >= 0.3 is 0 Å². The summed E-state index contributed by atoms with van der Waals surface area (Å²) in [5.41, 5.74) is 5.11. The van der Waals surface area contributed by atoms with E-state index in [4.69, 9.17) is 0 Å². The van der Waals surface area contributed by atoms with Crippen molar-refractivity contribution in [1.82, 2.24) is 0 Å². The number of benzene rings is 2. The number of aryl methyl sites for hydroxylation is 2. The van der Waals surface area contributed by atoms with Crippen molar-refractivity contribution < 1.29 is 9.59 Å². The molecule has 1 N–H and O–H groups in total. The monoisotopic (exact) mass is 417 g/mol. The summed E-state index contributed by atoms with van der Waals surface area (Å²) in [6.07, 6.45) is 0. The van der Waals surface area contributed by atoms with Gasteiger partial charge in [-0.3, -0.25) is 9.59 Å². The van der Waals surface area contributed by atoms with Crippen LogP contribution in [0, 0.1) is 13.8 Å². The van der Waals surface area contributed by atoms with Gasteiger partial charge in [0.05, 0.1) is 11.3 Å². The van der Waals surface area contributed by atoms with E-state index < -0.39 is 0 Å². The molecular weight excluding hydrogens is 394 g/mol. The molecule has 0 unspecified atom stereocenters. The van der Waals surface area contributed by atoms with Gasteiger partial charge in [0, 0.05) is 30.3 Å². The van der Waals surface area contributed by atoms with Crippen LogP contribution in [0.5, 0.6) is 0 Å². The van der Waals surface area contributed by atoms with Crippen LogP contribution in [0.25, 0.3) is 5.57 Å². The number of carbonyl (C=O) groups is 2. The molecule has 152 valence electrons. The van der Waals surface area contributed by atoms with Crippen molar-refractivity contribution >= 4 is 45.8 Å². The molecule has 0 aliphatic carbocycles. The van der Waals surface area contributed by atoms with Gasteiger partial charge in [-0.1, -0.05) is 23.8 Å². The zero-order valence-corrected chi connectivity index (χ0v) is 18.2. The van der Waals surface area contributed by atoms with Crippen molar-refractivity contribution in [2.75, 3.05) is 29.2 Å². The molecule has 0 spiro atoms. The number of imide groups is 1. The van der Waals surface area contributed by atoms with E-state index in [0.29, 0.717) is 17.0 Å². The summed E-state index contributed by atoms with van der Waals surface area (Å²) in [6.45, 7) is 3.91. The van der Waals surface area contributed by atoms with Crippen LogP contribution >= 0.6 is 11.3 Å². The predicted octanol–water partition coefficient (Wildman–Crippen LogP) is 4.83. The van der Waals surface area contributed by atoms with Crippen LogP contribution in [0.2, 0.25) is 0 Å². The first-order valence-electron chi connectivity index (χ1n) is 9.65. The maximum absolute atomic E-state index is 13.4. The van der Waals surface area contributed by atoms with Crippen molar-refractivity contribution in [3.05, 3.63) is 81.7 Å². The summed E-state index contributed by atoms with van der Waals surface area (Å²) < 4.78 is 0. The number of hydrogen-bond donors (Lipinski definition) is 1. The maximum Gasteiger partial charge on any atom is 0.282 e. The van der Waals surface area contributed by atoms with Crippen molar-refractivity contribution in [2.45, 2.75) is 13.8 Å². The van der Waals surface area contributed by atoms with E-state index in [2.05, 4.69) is 5.32 Å². The molecule has 3 aromatic rings. The minimum atomic E-state index is -0.341. The highest BCUT2D eigenvalue weighted by Gasteiger charge is 2.41. The first kappa shape index (κ1) is 19.9. The number of nitrogens with one attached hydrogen (secondary N) is 1. The van der Waals surface area contributed by atoms with Gasteiger partial charge in [-0.25, -0.2) is 4.90 Å². The smallest absolute Gasteiger partial charge is 0.282 e. The van der Waals surface area contributed by atoms with Crippen LogP contribution in [-0.4, -0.2) is 25.9 Å². The molecule has 1 aliphatic heterocycles. The molecule has 0 saturated carbocycles. The Hall–Kier alpha value is -3.38. The summed E-state index contributed by atoms with van der Waals surface area (Å²) in [4.78, 5) is 30.9. The van der Waals surface area contributed by atoms with E-state index in [1.54, 1.807) is 0 Å². The summed E-state index contributed by atoms with van der Waals surface area (Å²) in [5.74, 6) is -0.645. The highest BCUT2D eigenvalue weighted by Crippen LogP contribution is 2.36. The zero-order chi connectivity index (χ0) is 21.4. The van der Waals surface area contributed by atoms with Gasteiger partial charge in [-0.05, 0) is 61.2 Å². The van der Waals surface area contributed by atoms with Gasteiger partial charge in [0.25, 0.3) is 11.8 Å². The number of anilines is 3. The third-order valence-corrected chi connectivity index (χ3v) is 5.99. The summed E-state index contributed by atoms with van der Waals surface area (Å²) in [6, 6.07) is 17.2. The Morgan fingerprint density at radius 3 is 2.27 bits per heavy atom. The standard InChI is InChI=1S/C24H23N3O2S/c1-15-7-12-19(16(2)14-15)27-23(28)21(20-6-5-13-30-20)22(24(27)29)25-17-8-10-18(11-9-17)26(3)4/h5-14,25H,1-4H3. The fraction of sp³-hybridized carbons (Fsp3) is 0.167. The minimum absolute atomic E-state index is 0.304. The average Bonchev–Trinajstić information content (AvgIpc) is 3.30. The number of amides is 2. The second-order valence-electron chi connectivity index (χ2n) is 7.53. The average molecular weight is 418 g/mol. The minimum Gasteiger partial charge on any atom is -0.378 e. The van der Waals surface area contributed by atoms with E-state index in [1.165, 1.54) is 16.2 Å². The van der Waals surface area contributed by atoms with E-state index in [1.807, 2.05) is 92.8 Å². The van der Waals surface area contributed by atoms with Crippen LogP contribution in [0.3, 0.4) is 0 Å². The van der Waals surface area contributed by atoms with E-state index in [0.717, 1.165) is 27.4 Å². The van der Waals surface area contributed by atoms with Crippen LogP contribution < -0.4 is 15.1 Å². The van der Waals surface area contributed by atoms with Crippen LogP contribution in [0.4, 0.5) is 17.1 Å². The molecule has 1 aliphatic rings. The maximum atomic E-state index is 13.4. The normalized spacial score (nSPS) is 13.9. The second kappa shape index (κ2) is 7.80. The number of hydrogen-bond acceptors (Lipinski definition) is 5. The lowest BCUT2D eigenvalue weighted by molar-refractivity contribution is -0.120. The number of rotatable bonds is 5. The third-order valence-electron chi connectivity index (χ3n) is 5.10. The highest BCUT2D eigenvalue weighted by molar-refractivity contribution is 7.11. The van der Waals surface area contributed by atoms with Gasteiger partial charge < -0.3 is 10.2 Å². The van der Waals surface area contributed by atoms with Crippen LogP contribution in [0.15, 0.2) is 65.7 Å². The fourth-order valence-corrected chi connectivity index (χ4v) is 4.33. The van der Waals surface area contributed by atoms with Crippen molar-refractivity contribution in [2.24, 2.45) is 0 Å². The summed E-state index contributed by atoms with van der Waals surface area (Å²) in [5, 5.41) is 5.12. The van der Waals surface area contributed by atoms with Gasteiger partial charge in [0.1, 0.15) is 5.70 Å². The predicted molar refractivity (Wildman–Crippen MR) is 124 cm³/mol. The second-order valence-corrected chi connectivity index (χ2v) is 8.48. The van der Waals surface area contributed by atoms with Crippen molar-refractivity contribution in [3.63, 3.8) is 0 Å². The molecule has 5 nitrogen and oxygen atoms in total. The molecule has 2 aromatic carbocycles. The van der Waals surface area contributed by atoms with Gasteiger partial charge in [-0.2, -0.15) is 0 Å². The first-order chi connectivity index (χ1) is 14.4. The van der Waals surface area contributed by atoms with Crippen molar-refractivity contribution in [1.29, 1.82) is 0 Å². The molecular formula is C24H23N3O2S. The Kier molecular flexibility index (Phi) is 5.18. The number of thiophene rings is 1. The number of carbonyl (C=O) groups excluding carboxylic acids is 2. The van der Waals surface area contributed by atoms with Gasteiger partial charge in [-0.15, -0.1) is 11.3 Å². The van der Waals surface area contributed by atoms with Crippen LogP contribution in [0.1, 0.15) is 16.0 Å². The largest absolute Gasteiger partial charge is 0.378 e. The Morgan fingerprint density at radius 1 is 0.933 bits per heavy atom. The quantitative estimate of drug-likeness (QED) is 0.605. The molecule has 30 heavy (non-hydrogen) atoms. The lowest BCUT2D eigenvalue weighted by atomic mass is 10.1. The van der Waals surface area contributed by atoms with E-state index in [9.17, 15) is 9.59 Å². The highest BCUT2D eigenvalue weighted by atomic mass is 32.1. The molecule has 0 bridgehead atoms. The Labute approximate surface area is 180 Å². The molecule has 0 fully saturated rings.